The Morgan fingerprint density at radius 3 is 2.57 bits per heavy atom. The second-order valence-corrected chi connectivity index (χ2v) is 5.82. The topological polar surface area (TPSA) is 48.3 Å². The summed E-state index contributed by atoms with van der Waals surface area (Å²) in [5.74, 6) is 0.0141. The Morgan fingerprint density at radius 2 is 2.00 bits per heavy atom. The lowest BCUT2D eigenvalue weighted by Gasteiger charge is -2.12. The molecule has 0 bridgehead atoms. The summed E-state index contributed by atoms with van der Waals surface area (Å²) in [7, 11) is 0.176. The highest BCUT2D eigenvalue weighted by molar-refractivity contribution is 7.84. The number of alkyl halides is 3. The average molecular weight is 319 g/mol. The van der Waals surface area contributed by atoms with Crippen LogP contribution in [0.3, 0.4) is 0 Å². The number of halogens is 3. The molecular weight excluding hydrogens is 307 g/mol. The molecule has 21 heavy (non-hydrogen) atoms. The van der Waals surface area contributed by atoms with Gasteiger partial charge in [0.2, 0.25) is 5.43 Å². The van der Waals surface area contributed by atoms with Crippen LogP contribution in [0.1, 0.15) is 0 Å². The van der Waals surface area contributed by atoms with Crippen LogP contribution in [0.15, 0.2) is 34.1 Å². The molecule has 0 spiro atoms. The Labute approximate surface area is 120 Å². The van der Waals surface area contributed by atoms with Crippen LogP contribution >= 0.6 is 0 Å². The molecule has 0 aliphatic carbocycles. The molecule has 0 fully saturated rings. The van der Waals surface area contributed by atoms with E-state index in [0.29, 0.717) is 5.52 Å². The summed E-state index contributed by atoms with van der Waals surface area (Å²) in [6.45, 7) is -1.40. The number of pyridine rings is 1. The number of ether oxygens (including phenoxy) is 1. The molecule has 4 nitrogen and oxygen atoms in total. The Hall–Kier alpha value is -1.83. The second kappa shape index (κ2) is 5.51. The van der Waals surface area contributed by atoms with Crippen molar-refractivity contribution in [1.29, 1.82) is 0 Å². The Kier molecular flexibility index (Phi) is 4.08. The summed E-state index contributed by atoms with van der Waals surface area (Å²) in [4.78, 5) is 12.3. The van der Waals surface area contributed by atoms with Crippen molar-refractivity contribution in [3.05, 3.63) is 34.6 Å². The molecule has 8 heteroatoms. The van der Waals surface area contributed by atoms with E-state index >= 15 is 0 Å². The summed E-state index contributed by atoms with van der Waals surface area (Å²) in [6, 6.07) is 4.02. The first-order valence-corrected chi connectivity index (χ1v) is 7.41. The summed E-state index contributed by atoms with van der Waals surface area (Å²) in [5.41, 5.74) is 0.0141. The third kappa shape index (κ3) is 3.44. The van der Waals surface area contributed by atoms with Crippen molar-refractivity contribution in [3.8, 4) is 5.75 Å². The average Bonchev–Trinajstić information content (AvgIpc) is 2.39. The number of fused-ring (bicyclic) bond motifs is 1. The minimum absolute atomic E-state index is 0.0141. The lowest BCUT2D eigenvalue weighted by molar-refractivity contribution is -0.153. The molecule has 0 amide bonds. The fourth-order valence-electron chi connectivity index (χ4n) is 1.89. The van der Waals surface area contributed by atoms with Crippen molar-refractivity contribution in [2.45, 2.75) is 11.1 Å². The van der Waals surface area contributed by atoms with Crippen LogP contribution in [0.5, 0.6) is 5.75 Å². The smallest absolute Gasteiger partial charge is 0.422 e. The zero-order valence-corrected chi connectivity index (χ0v) is 12.0. The molecule has 0 saturated carbocycles. The molecule has 2 aromatic rings. The van der Waals surface area contributed by atoms with E-state index in [1.165, 1.54) is 35.2 Å². The van der Waals surface area contributed by atoms with Crippen molar-refractivity contribution in [3.63, 3.8) is 0 Å². The van der Waals surface area contributed by atoms with Crippen molar-refractivity contribution < 1.29 is 22.1 Å². The van der Waals surface area contributed by atoms with Crippen LogP contribution in [0.25, 0.3) is 10.9 Å². The molecular formula is C13H12F3NO3S. The van der Waals surface area contributed by atoms with Gasteiger partial charge in [-0.05, 0) is 12.1 Å². The van der Waals surface area contributed by atoms with E-state index in [4.69, 9.17) is 0 Å². The maximum absolute atomic E-state index is 12.1. The van der Waals surface area contributed by atoms with E-state index in [-0.39, 0.29) is 16.0 Å². The van der Waals surface area contributed by atoms with Gasteiger partial charge in [0.1, 0.15) is 10.6 Å². The lowest BCUT2D eigenvalue weighted by Crippen LogP contribution is -2.19. The molecule has 0 saturated heterocycles. The number of nitrogens with zero attached hydrogens (tertiary/aromatic N) is 1. The van der Waals surface area contributed by atoms with Gasteiger partial charge in [-0.3, -0.25) is 9.00 Å². The highest BCUT2D eigenvalue weighted by Gasteiger charge is 2.28. The highest BCUT2D eigenvalue weighted by atomic mass is 32.2. The van der Waals surface area contributed by atoms with Gasteiger partial charge in [-0.1, -0.05) is 0 Å². The molecule has 0 N–H and O–H groups in total. The molecule has 0 aliphatic rings. The minimum Gasteiger partial charge on any atom is -0.484 e. The summed E-state index contributed by atoms with van der Waals surface area (Å²) < 4.78 is 54.1. The van der Waals surface area contributed by atoms with Gasteiger partial charge < -0.3 is 9.30 Å². The van der Waals surface area contributed by atoms with E-state index < -0.39 is 29.0 Å². The molecule has 114 valence electrons. The summed E-state index contributed by atoms with van der Waals surface area (Å²) in [6.07, 6.45) is -1.62. The van der Waals surface area contributed by atoms with Crippen LogP contribution in [0, 0.1) is 0 Å². The molecule has 1 aromatic heterocycles. The molecule has 1 unspecified atom stereocenters. The molecule has 2 rings (SSSR count). The number of rotatable bonds is 3. The normalized spacial score (nSPS) is 13.4. The predicted molar refractivity (Wildman–Crippen MR) is 73.1 cm³/mol. The number of benzene rings is 1. The summed E-state index contributed by atoms with van der Waals surface area (Å²) in [5, 5.41) is 0.282. The van der Waals surface area contributed by atoms with Gasteiger partial charge in [-0.15, -0.1) is 0 Å². The van der Waals surface area contributed by atoms with Crippen LogP contribution < -0.4 is 10.2 Å². The number of aryl methyl sites for hydroxylation is 1. The maximum Gasteiger partial charge on any atom is 0.422 e. The zero-order valence-electron chi connectivity index (χ0n) is 11.2. The molecule has 1 heterocycles. The van der Waals surface area contributed by atoms with Gasteiger partial charge >= 0.3 is 6.18 Å². The fourth-order valence-corrected chi connectivity index (χ4v) is 2.57. The minimum atomic E-state index is -4.43. The molecule has 1 atom stereocenters. The quantitative estimate of drug-likeness (QED) is 0.871. The van der Waals surface area contributed by atoms with Crippen molar-refractivity contribution >= 4 is 21.7 Å². The zero-order chi connectivity index (χ0) is 15.8. The van der Waals surface area contributed by atoms with Gasteiger partial charge in [0.15, 0.2) is 6.61 Å². The number of aromatic nitrogens is 1. The van der Waals surface area contributed by atoms with E-state index in [1.807, 2.05) is 0 Å². The van der Waals surface area contributed by atoms with E-state index in [1.54, 1.807) is 7.05 Å². The van der Waals surface area contributed by atoms with Crippen LogP contribution in [-0.2, 0) is 17.8 Å². The van der Waals surface area contributed by atoms with Crippen molar-refractivity contribution in [2.75, 3.05) is 12.9 Å². The Bertz CT molecular complexity index is 768. The van der Waals surface area contributed by atoms with Gasteiger partial charge in [0.25, 0.3) is 0 Å². The first-order valence-electron chi connectivity index (χ1n) is 5.85. The maximum atomic E-state index is 12.1. The van der Waals surface area contributed by atoms with Gasteiger partial charge in [0, 0.05) is 31.0 Å². The SMILES string of the molecule is Cn1cc(S(C)=O)c(=O)c2ccc(OCC(F)(F)F)cc21. The van der Waals surface area contributed by atoms with Gasteiger partial charge in [-0.2, -0.15) is 13.2 Å². The van der Waals surface area contributed by atoms with Crippen molar-refractivity contribution in [2.24, 2.45) is 7.05 Å². The lowest BCUT2D eigenvalue weighted by atomic mass is 10.2. The number of hydrogen-bond donors (Lipinski definition) is 0. The Morgan fingerprint density at radius 1 is 1.33 bits per heavy atom. The summed E-state index contributed by atoms with van der Waals surface area (Å²) >= 11 is 0. The van der Waals surface area contributed by atoms with Gasteiger partial charge in [0.05, 0.1) is 16.3 Å². The van der Waals surface area contributed by atoms with Crippen LogP contribution in [0.4, 0.5) is 13.2 Å². The standard InChI is InChI=1S/C13H12F3NO3S/c1-17-6-11(21(2)19)12(18)9-4-3-8(5-10(9)17)20-7-13(14,15)16/h3-6H,7H2,1-2H3. The monoisotopic (exact) mass is 319 g/mol. The van der Waals surface area contributed by atoms with E-state index in [2.05, 4.69) is 4.74 Å². The Balaban J connectivity index is 2.50. The third-order valence-corrected chi connectivity index (χ3v) is 3.75. The van der Waals surface area contributed by atoms with E-state index in [0.717, 1.165) is 0 Å². The highest BCUT2D eigenvalue weighted by Crippen LogP contribution is 2.22. The molecule has 1 aromatic carbocycles. The molecule has 0 radical (unpaired) electrons. The fraction of sp³-hybridized carbons (Fsp3) is 0.308. The third-order valence-electron chi connectivity index (χ3n) is 2.84. The second-order valence-electron chi connectivity index (χ2n) is 4.47. The van der Waals surface area contributed by atoms with Gasteiger partial charge in [-0.25, -0.2) is 0 Å². The van der Waals surface area contributed by atoms with Crippen LogP contribution in [-0.4, -0.2) is 27.8 Å². The largest absolute Gasteiger partial charge is 0.484 e. The molecule has 0 aliphatic heterocycles. The first-order chi connectivity index (χ1) is 9.69. The van der Waals surface area contributed by atoms with Crippen molar-refractivity contribution in [1.82, 2.24) is 4.57 Å². The number of hydrogen-bond acceptors (Lipinski definition) is 3. The van der Waals surface area contributed by atoms with E-state index in [9.17, 15) is 22.2 Å². The predicted octanol–water partition coefficient (Wildman–Crippen LogP) is 2.22. The first kappa shape index (κ1) is 15.6. The van der Waals surface area contributed by atoms with Crippen LogP contribution in [0.2, 0.25) is 0 Å².